The summed E-state index contributed by atoms with van der Waals surface area (Å²) in [5.74, 6) is 0.229. The van der Waals surface area contributed by atoms with E-state index in [1.54, 1.807) is 17.1 Å². The molecule has 0 spiro atoms. The van der Waals surface area contributed by atoms with Crippen LogP contribution in [0.2, 0.25) is 10.0 Å². The summed E-state index contributed by atoms with van der Waals surface area (Å²) < 4.78 is 31.8. The number of rotatable bonds is 8. The van der Waals surface area contributed by atoms with E-state index in [0.717, 1.165) is 55.6 Å². The summed E-state index contributed by atoms with van der Waals surface area (Å²) in [5, 5.41) is 12.2. The summed E-state index contributed by atoms with van der Waals surface area (Å²) in [5.41, 5.74) is 2.87. The van der Waals surface area contributed by atoms with Crippen LogP contribution >= 0.6 is 23.2 Å². The van der Waals surface area contributed by atoms with Crippen LogP contribution in [0.15, 0.2) is 93.3 Å². The Morgan fingerprint density at radius 3 is 2.20 bits per heavy atom. The van der Waals surface area contributed by atoms with E-state index in [1.807, 2.05) is 47.5 Å². The Morgan fingerprint density at radius 1 is 0.950 bits per heavy atom. The summed E-state index contributed by atoms with van der Waals surface area (Å²) >= 11 is 12.2. The second kappa shape index (κ2) is 12.7. The Bertz CT molecular complexity index is 1460. The fourth-order valence-corrected chi connectivity index (χ4v) is 6.31. The molecule has 5 rings (SSSR count). The molecule has 1 unspecified atom stereocenters. The molecule has 0 saturated carbocycles. The highest BCUT2D eigenvalue weighted by atomic mass is 35.5. The molecule has 1 fully saturated rings. The van der Waals surface area contributed by atoms with Crippen molar-refractivity contribution in [3.05, 3.63) is 100 Å². The normalized spacial score (nSPS) is 18.3. The lowest BCUT2D eigenvalue weighted by Gasteiger charge is -2.36. The summed E-state index contributed by atoms with van der Waals surface area (Å²) in [4.78, 5) is 0.0898. The van der Waals surface area contributed by atoms with Gasteiger partial charge in [0.2, 0.25) is 5.96 Å². The number of guanidine groups is 1. The molecule has 3 aromatic carbocycles. The first-order valence-electron chi connectivity index (χ1n) is 13.7. The van der Waals surface area contributed by atoms with E-state index in [2.05, 4.69) is 28.5 Å². The number of nitrogens with zero attached hydrogens (tertiary/aromatic N) is 5. The first-order valence-corrected chi connectivity index (χ1v) is 15.8. The van der Waals surface area contributed by atoms with Gasteiger partial charge in [-0.15, -0.1) is 4.40 Å². The van der Waals surface area contributed by atoms with Crippen molar-refractivity contribution in [2.24, 2.45) is 9.50 Å². The minimum atomic E-state index is -4.05. The van der Waals surface area contributed by atoms with Gasteiger partial charge in [0.1, 0.15) is 0 Å². The Kier molecular flexibility index (Phi) is 9.10. The molecule has 2 aliphatic heterocycles. The van der Waals surface area contributed by atoms with Crippen LogP contribution in [0.3, 0.4) is 0 Å². The van der Waals surface area contributed by atoms with Crippen molar-refractivity contribution in [3.63, 3.8) is 0 Å². The minimum Gasteiger partial charge on any atom is -0.273 e. The van der Waals surface area contributed by atoms with Crippen molar-refractivity contribution >= 4 is 44.9 Å². The fourth-order valence-electron chi connectivity index (χ4n) is 5.07. The third kappa shape index (κ3) is 6.52. The van der Waals surface area contributed by atoms with Crippen LogP contribution in [0.1, 0.15) is 49.7 Å². The SMILES string of the molecule is CCCCN(C(=NS(=O)(=O)c1ccc(Cl)cc1)N1CC(c2ccccc2)C(c2ccc(Cl)cc2)=N1)N1CCCC1. The molecule has 10 heteroatoms. The third-order valence-electron chi connectivity index (χ3n) is 7.18. The average Bonchev–Trinajstić information content (AvgIpc) is 3.65. The molecule has 40 heavy (non-hydrogen) atoms. The van der Waals surface area contributed by atoms with E-state index in [-0.39, 0.29) is 10.8 Å². The van der Waals surface area contributed by atoms with Crippen LogP contribution in [0.25, 0.3) is 0 Å². The van der Waals surface area contributed by atoms with Gasteiger partial charge in [0.05, 0.1) is 17.2 Å². The maximum atomic E-state index is 13.7. The van der Waals surface area contributed by atoms with Crippen LogP contribution in [-0.2, 0) is 10.0 Å². The van der Waals surface area contributed by atoms with Crippen LogP contribution in [-0.4, -0.2) is 61.3 Å². The Balaban J connectivity index is 1.63. The molecule has 0 bridgehead atoms. The zero-order valence-electron chi connectivity index (χ0n) is 22.5. The van der Waals surface area contributed by atoms with Crippen LogP contribution < -0.4 is 0 Å². The predicted molar refractivity (Wildman–Crippen MR) is 162 cm³/mol. The molecule has 1 saturated heterocycles. The maximum absolute atomic E-state index is 13.7. The van der Waals surface area contributed by atoms with Gasteiger partial charge in [-0.3, -0.25) is 5.01 Å². The molecular formula is C30H33Cl2N5O2S. The quantitative estimate of drug-likeness (QED) is 0.215. The molecule has 0 N–H and O–H groups in total. The Morgan fingerprint density at radius 2 is 1.57 bits per heavy atom. The van der Waals surface area contributed by atoms with Gasteiger partial charge in [-0.25, -0.2) is 10.0 Å². The second-order valence-electron chi connectivity index (χ2n) is 10.00. The lowest BCUT2D eigenvalue weighted by Crippen LogP contribution is -2.51. The third-order valence-corrected chi connectivity index (χ3v) is 8.95. The number of benzene rings is 3. The van der Waals surface area contributed by atoms with E-state index in [9.17, 15) is 8.42 Å². The van der Waals surface area contributed by atoms with E-state index in [1.165, 1.54) is 12.1 Å². The first-order chi connectivity index (χ1) is 19.4. The van der Waals surface area contributed by atoms with Crippen molar-refractivity contribution < 1.29 is 8.42 Å². The largest absolute Gasteiger partial charge is 0.285 e. The number of halogens is 2. The lowest BCUT2D eigenvalue weighted by molar-refractivity contribution is 0.0569. The van der Waals surface area contributed by atoms with Crippen LogP contribution in [0.5, 0.6) is 0 Å². The number of hydrazine groups is 1. The highest BCUT2D eigenvalue weighted by Crippen LogP contribution is 2.31. The van der Waals surface area contributed by atoms with Crippen molar-refractivity contribution in [2.75, 3.05) is 26.2 Å². The number of hydrazone groups is 1. The minimum absolute atomic E-state index is 0.0857. The number of hydrogen-bond acceptors (Lipinski definition) is 4. The van der Waals surface area contributed by atoms with Gasteiger partial charge in [0.15, 0.2) is 0 Å². The van der Waals surface area contributed by atoms with E-state index < -0.39 is 10.0 Å². The summed E-state index contributed by atoms with van der Waals surface area (Å²) in [6.45, 7) is 4.90. The standard InChI is InChI=1S/C30H33Cl2N5O2S/c1-2-3-21-37(35-19-7-8-20-35)30(34-40(38,39)27-17-15-26(32)16-18-27)36-22-28(23-9-5-4-6-10-23)29(33-36)24-11-13-25(31)14-12-24/h4-6,9-18,28H,2-3,7-8,19-22H2,1H3. The van der Waals surface area contributed by atoms with Gasteiger partial charge < -0.3 is 0 Å². The van der Waals surface area contributed by atoms with Gasteiger partial charge in [-0.05, 0) is 66.8 Å². The fraction of sp³-hybridized carbons (Fsp3) is 0.333. The molecule has 3 aromatic rings. The highest BCUT2D eigenvalue weighted by molar-refractivity contribution is 7.90. The average molecular weight is 599 g/mol. The number of hydrogen-bond donors (Lipinski definition) is 0. The van der Waals surface area contributed by atoms with Crippen LogP contribution in [0, 0.1) is 0 Å². The first kappa shape index (κ1) is 28.6. The molecule has 1 atom stereocenters. The van der Waals surface area contributed by atoms with Gasteiger partial charge in [-0.1, -0.05) is 79.0 Å². The van der Waals surface area contributed by atoms with Gasteiger partial charge in [0, 0.05) is 35.6 Å². The van der Waals surface area contributed by atoms with E-state index in [0.29, 0.717) is 29.1 Å². The van der Waals surface area contributed by atoms with Gasteiger partial charge >= 0.3 is 0 Å². The topological polar surface area (TPSA) is 68.6 Å². The molecule has 2 heterocycles. The summed E-state index contributed by atoms with van der Waals surface area (Å²) in [6, 6.07) is 23.9. The monoisotopic (exact) mass is 597 g/mol. The van der Waals surface area contributed by atoms with E-state index >= 15 is 0 Å². The van der Waals surface area contributed by atoms with Crippen molar-refractivity contribution in [3.8, 4) is 0 Å². The van der Waals surface area contributed by atoms with Crippen LogP contribution in [0.4, 0.5) is 0 Å². The predicted octanol–water partition coefficient (Wildman–Crippen LogP) is 6.65. The Labute approximate surface area is 246 Å². The smallest absolute Gasteiger partial charge is 0.273 e. The maximum Gasteiger partial charge on any atom is 0.285 e. The Hall–Kier alpha value is -2.91. The van der Waals surface area contributed by atoms with Gasteiger partial charge in [0.25, 0.3) is 10.0 Å². The zero-order chi connectivity index (χ0) is 28.1. The molecule has 0 aromatic heterocycles. The summed E-state index contributed by atoms with van der Waals surface area (Å²) in [6.07, 6.45) is 3.95. The summed E-state index contributed by atoms with van der Waals surface area (Å²) in [7, 11) is -4.05. The zero-order valence-corrected chi connectivity index (χ0v) is 24.8. The van der Waals surface area contributed by atoms with Gasteiger partial charge in [-0.2, -0.15) is 13.5 Å². The molecule has 0 radical (unpaired) electrons. The molecule has 7 nitrogen and oxygen atoms in total. The van der Waals surface area contributed by atoms with E-state index in [4.69, 9.17) is 28.3 Å². The lowest BCUT2D eigenvalue weighted by atomic mass is 9.91. The van der Waals surface area contributed by atoms with Crippen molar-refractivity contribution in [1.29, 1.82) is 0 Å². The molecule has 0 amide bonds. The molecular weight excluding hydrogens is 565 g/mol. The number of sulfonamides is 1. The highest BCUT2D eigenvalue weighted by Gasteiger charge is 2.36. The molecule has 2 aliphatic rings. The van der Waals surface area contributed by atoms with Crippen molar-refractivity contribution in [1.82, 2.24) is 15.0 Å². The molecule has 0 aliphatic carbocycles. The second-order valence-corrected chi connectivity index (χ2v) is 12.5. The van der Waals surface area contributed by atoms with Crippen molar-refractivity contribution in [2.45, 2.75) is 43.4 Å². The molecule has 210 valence electrons. The number of unbranched alkanes of at least 4 members (excludes halogenated alkanes) is 1.